The van der Waals surface area contributed by atoms with Gasteiger partial charge in [-0.15, -0.1) is 11.8 Å². The van der Waals surface area contributed by atoms with Crippen LogP contribution < -0.4 is 4.74 Å². The second-order valence-electron chi connectivity index (χ2n) is 7.79. The molecule has 3 rings (SSSR count). The first-order valence-electron chi connectivity index (χ1n) is 9.82. The smallest absolute Gasteiger partial charge is 0.327 e. The van der Waals surface area contributed by atoms with E-state index in [1.54, 1.807) is 57.3 Å². The fourth-order valence-electron chi connectivity index (χ4n) is 3.09. The number of carbonyl (C=O) groups excluding carboxylic acids is 3. The minimum atomic E-state index is -0.976. The van der Waals surface area contributed by atoms with Crippen LogP contribution in [0.25, 0.3) is 0 Å². The lowest BCUT2D eigenvalue weighted by molar-refractivity contribution is -0.160. The molecule has 1 N–H and O–H groups in total. The Kier molecular flexibility index (Phi) is 7.33. The summed E-state index contributed by atoms with van der Waals surface area (Å²) < 4.78 is 5.76. The van der Waals surface area contributed by atoms with Crippen LogP contribution in [-0.2, 0) is 9.59 Å². The van der Waals surface area contributed by atoms with Crippen LogP contribution in [0.5, 0.6) is 11.5 Å². The molecule has 10 heteroatoms. The maximum atomic E-state index is 12.6. The maximum Gasteiger partial charge on any atom is 0.327 e. The van der Waals surface area contributed by atoms with Crippen molar-refractivity contribution >= 4 is 41.7 Å². The second-order valence-corrected chi connectivity index (χ2v) is 9.32. The molecule has 1 aliphatic rings. The zero-order chi connectivity index (χ0) is 23.5. The van der Waals surface area contributed by atoms with Crippen LogP contribution in [0.4, 0.5) is 4.79 Å². The molecule has 8 nitrogen and oxygen atoms in total. The van der Waals surface area contributed by atoms with Gasteiger partial charge < -0.3 is 9.64 Å². The Balaban J connectivity index is 1.63. The van der Waals surface area contributed by atoms with Crippen molar-refractivity contribution in [2.45, 2.75) is 30.3 Å². The molecule has 1 atom stereocenters. The second kappa shape index (κ2) is 9.81. The van der Waals surface area contributed by atoms with Gasteiger partial charge in [-0.05, 0) is 62.4 Å². The van der Waals surface area contributed by atoms with Gasteiger partial charge in [0.15, 0.2) is 0 Å². The average molecular weight is 478 g/mol. The topological polar surface area (TPSA) is 90.4 Å². The molecule has 1 fully saturated rings. The van der Waals surface area contributed by atoms with E-state index < -0.39 is 17.6 Å². The number of benzene rings is 2. The molecule has 1 aliphatic heterocycles. The first kappa shape index (κ1) is 23.9. The normalized spacial score (nSPS) is 16.3. The van der Waals surface area contributed by atoms with Crippen LogP contribution >= 0.6 is 23.4 Å². The molecule has 1 saturated heterocycles. The van der Waals surface area contributed by atoms with Gasteiger partial charge in [0.2, 0.25) is 6.41 Å². The summed E-state index contributed by atoms with van der Waals surface area (Å²) in [5.41, 5.74) is -0.976. The lowest BCUT2D eigenvalue weighted by Crippen LogP contribution is -2.47. The summed E-state index contributed by atoms with van der Waals surface area (Å²) >= 11 is 7.25. The maximum absolute atomic E-state index is 12.6. The fourth-order valence-corrected chi connectivity index (χ4v) is 4.18. The first-order valence-corrected chi connectivity index (χ1v) is 11.2. The Hall–Kier alpha value is -2.75. The number of ether oxygens (including phenoxy) is 1. The molecule has 2 aromatic rings. The summed E-state index contributed by atoms with van der Waals surface area (Å²) in [7, 11) is 1.55. The quantitative estimate of drug-likeness (QED) is 0.192. The molecule has 170 valence electrons. The monoisotopic (exact) mass is 477 g/mol. The third-order valence-corrected chi connectivity index (χ3v) is 6.72. The van der Waals surface area contributed by atoms with Gasteiger partial charge in [-0.25, -0.2) is 9.86 Å². The zero-order valence-electron chi connectivity index (χ0n) is 17.9. The summed E-state index contributed by atoms with van der Waals surface area (Å²) in [6, 6.07) is 13.1. The zero-order valence-corrected chi connectivity index (χ0v) is 19.5. The number of halogens is 1. The Morgan fingerprint density at radius 3 is 2.19 bits per heavy atom. The third-order valence-electron chi connectivity index (χ3n) is 5.32. The molecular weight excluding hydrogens is 454 g/mol. The highest BCUT2D eigenvalue weighted by molar-refractivity contribution is 7.99. The van der Waals surface area contributed by atoms with Crippen LogP contribution in [0.2, 0.25) is 5.02 Å². The van der Waals surface area contributed by atoms with Crippen molar-refractivity contribution < 1.29 is 24.3 Å². The van der Waals surface area contributed by atoms with Crippen molar-refractivity contribution in [2.75, 3.05) is 19.3 Å². The van der Waals surface area contributed by atoms with Crippen molar-refractivity contribution in [3.8, 4) is 11.5 Å². The van der Waals surface area contributed by atoms with Crippen molar-refractivity contribution in [1.29, 1.82) is 0 Å². The summed E-state index contributed by atoms with van der Waals surface area (Å²) in [5.74, 6) is 1.20. The van der Waals surface area contributed by atoms with Gasteiger partial charge in [-0.2, -0.15) is 0 Å². The van der Waals surface area contributed by atoms with Crippen LogP contribution in [0.1, 0.15) is 13.8 Å². The van der Waals surface area contributed by atoms with E-state index in [9.17, 15) is 19.6 Å². The van der Waals surface area contributed by atoms with Gasteiger partial charge in [0.1, 0.15) is 17.0 Å². The first-order chi connectivity index (χ1) is 15.1. The number of carbonyl (C=O) groups is 3. The minimum absolute atomic E-state index is 0.106. The van der Waals surface area contributed by atoms with Crippen LogP contribution in [0.3, 0.4) is 0 Å². The Labute approximate surface area is 195 Å². The van der Waals surface area contributed by atoms with Gasteiger partial charge in [0, 0.05) is 22.7 Å². The molecule has 0 saturated carbocycles. The van der Waals surface area contributed by atoms with E-state index in [-0.39, 0.29) is 24.6 Å². The molecule has 0 spiro atoms. The Morgan fingerprint density at radius 1 is 1.12 bits per heavy atom. The fraction of sp³-hybridized carbons (Fsp3) is 0.318. The molecule has 1 heterocycles. The van der Waals surface area contributed by atoms with Gasteiger partial charge in [0.05, 0.1) is 12.6 Å². The molecule has 2 aromatic carbocycles. The molecular formula is C22H24ClN3O5S. The number of hydrogen-bond acceptors (Lipinski definition) is 6. The summed E-state index contributed by atoms with van der Waals surface area (Å²) in [6.45, 7) is 3.20. The van der Waals surface area contributed by atoms with E-state index in [0.29, 0.717) is 21.6 Å². The van der Waals surface area contributed by atoms with Gasteiger partial charge >= 0.3 is 6.03 Å². The van der Waals surface area contributed by atoms with Crippen molar-refractivity contribution in [3.63, 3.8) is 0 Å². The predicted molar refractivity (Wildman–Crippen MR) is 121 cm³/mol. The van der Waals surface area contributed by atoms with Crippen molar-refractivity contribution in [1.82, 2.24) is 14.9 Å². The summed E-state index contributed by atoms with van der Waals surface area (Å²) in [4.78, 5) is 39.6. The summed E-state index contributed by atoms with van der Waals surface area (Å²) in [6.07, 6.45) is 0.272. The van der Waals surface area contributed by atoms with E-state index in [4.69, 9.17) is 16.3 Å². The van der Waals surface area contributed by atoms with Gasteiger partial charge in [-0.1, -0.05) is 11.6 Å². The molecule has 32 heavy (non-hydrogen) atoms. The largest absolute Gasteiger partial charge is 0.457 e. The molecule has 0 aromatic heterocycles. The number of nitrogens with zero attached hydrogens (tertiary/aromatic N) is 3. The van der Waals surface area contributed by atoms with E-state index >= 15 is 0 Å². The standard InChI is InChI=1S/C22H24ClN3O5S/c1-22(2)20(28)25(21(29)24(22)3)12-16(26(30)14-27)13-32-19-10-8-18(9-11-19)31-17-6-4-15(23)5-7-17/h4-11,14,16,30H,12-13H2,1-3H3. The molecule has 0 aliphatic carbocycles. The van der Waals surface area contributed by atoms with Crippen molar-refractivity contribution in [3.05, 3.63) is 53.6 Å². The van der Waals surface area contributed by atoms with Gasteiger partial charge in [0.25, 0.3) is 5.91 Å². The van der Waals surface area contributed by atoms with E-state index in [1.165, 1.54) is 16.7 Å². The number of imide groups is 1. The predicted octanol–water partition coefficient (Wildman–Crippen LogP) is 4.11. The van der Waals surface area contributed by atoms with E-state index in [1.807, 2.05) is 12.1 Å². The van der Waals surface area contributed by atoms with Crippen molar-refractivity contribution in [2.24, 2.45) is 0 Å². The Morgan fingerprint density at radius 2 is 1.69 bits per heavy atom. The van der Waals surface area contributed by atoms with Gasteiger partial charge in [-0.3, -0.25) is 19.7 Å². The lowest BCUT2D eigenvalue weighted by atomic mass is 10.1. The third kappa shape index (κ3) is 5.17. The van der Waals surface area contributed by atoms with E-state index in [2.05, 4.69) is 0 Å². The molecule has 4 amide bonds. The number of rotatable bonds is 9. The number of hydrogen-bond donors (Lipinski definition) is 1. The highest BCUT2D eigenvalue weighted by atomic mass is 35.5. The van der Waals surface area contributed by atoms with E-state index in [0.717, 1.165) is 9.80 Å². The number of likely N-dealkylation sites (N-methyl/N-ethyl adjacent to an activating group) is 1. The molecule has 0 radical (unpaired) electrons. The van der Waals surface area contributed by atoms with Crippen LogP contribution in [0, 0.1) is 0 Å². The Bertz CT molecular complexity index is 984. The van der Waals surface area contributed by atoms with Crippen LogP contribution in [0.15, 0.2) is 53.4 Å². The SMILES string of the molecule is CN1C(=O)N(CC(CSc2ccc(Oc3ccc(Cl)cc3)cc2)N(O)C=O)C(=O)C1(C)C. The molecule has 0 bridgehead atoms. The highest BCUT2D eigenvalue weighted by Crippen LogP contribution is 2.29. The number of amides is 4. The lowest BCUT2D eigenvalue weighted by Gasteiger charge is -2.26. The average Bonchev–Trinajstić information content (AvgIpc) is 2.93. The number of urea groups is 1. The van der Waals surface area contributed by atoms with Crippen LogP contribution in [-0.4, -0.2) is 69.3 Å². The highest BCUT2D eigenvalue weighted by Gasteiger charge is 2.49. The number of hydroxylamine groups is 2. The number of thioether (sulfide) groups is 1. The minimum Gasteiger partial charge on any atom is -0.457 e. The molecule has 1 unspecified atom stereocenters. The summed E-state index contributed by atoms with van der Waals surface area (Å²) in [5, 5.41) is 11.1.